The van der Waals surface area contributed by atoms with E-state index in [9.17, 15) is 4.39 Å². The first kappa shape index (κ1) is 22.0. The number of nitrogens with zero attached hydrogens (tertiary/aromatic N) is 4. The van der Waals surface area contributed by atoms with Gasteiger partial charge < -0.3 is 9.88 Å². The van der Waals surface area contributed by atoms with Crippen LogP contribution in [0, 0.1) is 12.7 Å². The zero-order valence-electron chi connectivity index (χ0n) is 19.1. The first-order valence-electron chi connectivity index (χ1n) is 11.0. The summed E-state index contributed by atoms with van der Waals surface area (Å²) < 4.78 is 16.2. The van der Waals surface area contributed by atoms with E-state index in [1.54, 1.807) is 12.3 Å². The van der Waals surface area contributed by atoms with Gasteiger partial charge in [0.2, 0.25) is 0 Å². The number of anilines is 2. The van der Waals surface area contributed by atoms with Crippen molar-refractivity contribution in [3.8, 4) is 17.1 Å². The predicted molar refractivity (Wildman–Crippen MR) is 136 cm³/mol. The molecule has 0 atom stereocenters. The summed E-state index contributed by atoms with van der Waals surface area (Å²) >= 11 is 6.15. The van der Waals surface area contributed by atoms with E-state index in [-0.39, 0.29) is 11.9 Å². The first-order chi connectivity index (χ1) is 16.4. The van der Waals surface area contributed by atoms with E-state index in [4.69, 9.17) is 21.6 Å². The topological polar surface area (TPSA) is 55.1 Å². The van der Waals surface area contributed by atoms with E-state index in [0.29, 0.717) is 16.2 Å². The Bertz CT molecular complexity index is 1540. The van der Waals surface area contributed by atoms with E-state index in [1.807, 2.05) is 69.3 Å². The third kappa shape index (κ3) is 4.24. The molecule has 34 heavy (non-hydrogen) atoms. The van der Waals surface area contributed by atoms with Gasteiger partial charge in [0.15, 0.2) is 0 Å². The molecule has 0 saturated carbocycles. The quantitative estimate of drug-likeness (QED) is 0.297. The summed E-state index contributed by atoms with van der Waals surface area (Å²) in [6.07, 6.45) is 1.76. The number of halogens is 2. The normalized spacial score (nSPS) is 12.1. The highest BCUT2D eigenvalue weighted by Gasteiger charge is 2.17. The van der Waals surface area contributed by atoms with Gasteiger partial charge in [-0.1, -0.05) is 11.6 Å². The van der Waals surface area contributed by atoms with Gasteiger partial charge in [-0.05, 0) is 81.4 Å². The highest BCUT2D eigenvalue weighted by molar-refractivity contribution is 6.30. The van der Waals surface area contributed by atoms with Gasteiger partial charge in [0.25, 0.3) is 0 Å². The molecule has 0 amide bonds. The molecule has 1 aromatic heterocycles. The first-order valence-corrected chi connectivity index (χ1v) is 11.4. The molecule has 0 unspecified atom stereocenters. The molecule has 5 rings (SSSR count). The number of benzene rings is 3. The molecular formula is C27H23ClFN5. The van der Waals surface area contributed by atoms with E-state index < -0.39 is 0 Å². The maximum Gasteiger partial charge on any atom is 0.125 e. The minimum Gasteiger partial charge on any atom is -0.352 e. The van der Waals surface area contributed by atoms with Crippen molar-refractivity contribution in [1.29, 1.82) is 0 Å². The van der Waals surface area contributed by atoms with Crippen LogP contribution >= 0.6 is 11.6 Å². The number of pyridine rings is 1. The summed E-state index contributed by atoms with van der Waals surface area (Å²) in [5, 5.41) is 4.92. The molecule has 0 spiro atoms. The fourth-order valence-electron chi connectivity index (χ4n) is 3.98. The van der Waals surface area contributed by atoms with Crippen LogP contribution in [0.1, 0.15) is 19.5 Å². The number of fused-ring (bicyclic) bond motifs is 2. The van der Waals surface area contributed by atoms with Gasteiger partial charge in [-0.3, -0.25) is 9.98 Å². The van der Waals surface area contributed by atoms with E-state index in [0.717, 1.165) is 39.3 Å². The second-order valence-electron chi connectivity index (χ2n) is 8.40. The van der Waals surface area contributed by atoms with E-state index >= 15 is 0 Å². The molecule has 2 aliphatic rings. The van der Waals surface area contributed by atoms with Crippen LogP contribution < -0.4 is 10.7 Å². The summed E-state index contributed by atoms with van der Waals surface area (Å²) in [5.41, 5.74) is 6.38. The van der Waals surface area contributed by atoms with Crippen LogP contribution in [0.2, 0.25) is 5.02 Å². The van der Waals surface area contributed by atoms with E-state index in [1.165, 1.54) is 12.1 Å². The molecule has 1 N–H and O–H groups in total. The second-order valence-corrected chi connectivity index (χ2v) is 8.84. The predicted octanol–water partition coefficient (Wildman–Crippen LogP) is 6.68. The van der Waals surface area contributed by atoms with Crippen molar-refractivity contribution in [1.82, 2.24) is 14.5 Å². The van der Waals surface area contributed by atoms with Gasteiger partial charge in [0, 0.05) is 29.0 Å². The van der Waals surface area contributed by atoms with Crippen molar-refractivity contribution in [3.05, 3.63) is 94.8 Å². The number of nitrogens with one attached hydrogen (secondary N) is 1. The molecule has 0 radical (unpaired) electrons. The Morgan fingerprint density at radius 3 is 2.53 bits per heavy atom. The second kappa shape index (κ2) is 8.88. The Hall–Kier alpha value is -3.77. The lowest BCUT2D eigenvalue weighted by atomic mass is 10.1. The molecule has 5 nitrogen and oxygen atoms in total. The lowest BCUT2D eigenvalue weighted by Gasteiger charge is -2.20. The third-order valence-electron chi connectivity index (χ3n) is 5.51. The van der Waals surface area contributed by atoms with Gasteiger partial charge in [-0.15, -0.1) is 0 Å². The van der Waals surface area contributed by atoms with Crippen molar-refractivity contribution in [2.45, 2.75) is 26.8 Å². The molecule has 0 fully saturated rings. The lowest BCUT2D eigenvalue weighted by Crippen LogP contribution is -2.17. The Morgan fingerprint density at radius 2 is 1.79 bits per heavy atom. The van der Waals surface area contributed by atoms with Gasteiger partial charge in [-0.25, -0.2) is 9.37 Å². The highest BCUT2D eigenvalue weighted by atomic mass is 35.5. The third-order valence-corrected chi connectivity index (χ3v) is 5.76. The van der Waals surface area contributed by atoms with Crippen molar-refractivity contribution in [3.63, 3.8) is 0 Å². The number of hydrogen-bond donors (Lipinski definition) is 1. The van der Waals surface area contributed by atoms with E-state index in [2.05, 4.69) is 14.9 Å². The Labute approximate surface area is 202 Å². The molecule has 0 saturated heterocycles. The van der Waals surface area contributed by atoms with Crippen molar-refractivity contribution < 1.29 is 4.39 Å². The van der Waals surface area contributed by atoms with Crippen LogP contribution in [0.25, 0.3) is 28.1 Å². The monoisotopic (exact) mass is 471 g/mol. The fraction of sp³-hybridized carbons (Fsp3) is 0.148. The summed E-state index contributed by atoms with van der Waals surface area (Å²) in [6.45, 7) is 6.03. The maximum atomic E-state index is 14.1. The SMILES string of the molecule is Cc1ncccc1Nc1cc2nc3cc(F)ccc3n(-c3ccc(Cl)cc3)c-2cc1=NC(C)C. The highest BCUT2D eigenvalue weighted by Crippen LogP contribution is 2.31. The average molecular weight is 472 g/mol. The van der Waals surface area contributed by atoms with Gasteiger partial charge >= 0.3 is 0 Å². The molecule has 2 heterocycles. The van der Waals surface area contributed by atoms with Crippen LogP contribution in [0.3, 0.4) is 0 Å². The number of hydrogen-bond acceptors (Lipinski definition) is 4. The fourth-order valence-corrected chi connectivity index (χ4v) is 4.11. The smallest absolute Gasteiger partial charge is 0.125 e. The molecule has 170 valence electrons. The number of aromatic nitrogens is 3. The molecule has 2 aromatic carbocycles. The van der Waals surface area contributed by atoms with Crippen molar-refractivity contribution in [2.24, 2.45) is 4.99 Å². The van der Waals surface area contributed by atoms with Crippen LogP contribution in [0.15, 0.2) is 77.9 Å². The lowest BCUT2D eigenvalue weighted by molar-refractivity contribution is 0.629. The number of aryl methyl sites for hydroxylation is 1. The zero-order valence-corrected chi connectivity index (χ0v) is 19.8. The van der Waals surface area contributed by atoms with Crippen LogP contribution in [-0.2, 0) is 0 Å². The Kier molecular flexibility index (Phi) is 5.75. The minimum atomic E-state index is -0.335. The van der Waals surface area contributed by atoms with Gasteiger partial charge in [0.1, 0.15) is 5.82 Å². The Balaban J connectivity index is 1.84. The minimum absolute atomic E-state index is 0.0829. The largest absolute Gasteiger partial charge is 0.352 e. The Morgan fingerprint density at radius 1 is 1.00 bits per heavy atom. The molecule has 0 bridgehead atoms. The molecule has 1 aliphatic carbocycles. The van der Waals surface area contributed by atoms with Crippen molar-refractivity contribution >= 4 is 34.0 Å². The molecular weight excluding hydrogens is 449 g/mol. The average Bonchev–Trinajstić information content (AvgIpc) is 2.80. The number of rotatable bonds is 4. The van der Waals surface area contributed by atoms with Crippen LogP contribution in [-0.4, -0.2) is 20.6 Å². The summed E-state index contributed by atoms with van der Waals surface area (Å²) in [6, 6.07) is 20.1. The summed E-state index contributed by atoms with van der Waals surface area (Å²) in [4.78, 5) is 14.1. The molecule has 7 heteroatoms. The summed E-state index contributed by atoms with van der Waals surface area (Å²) in [5.74, 6) is -0.335. The van der Waals surface area contributed by atoms with Crippen LogP contribution in [0.5, 0.6) is 0 Å². The van der Waals surface area contributed by atoms with Gasteiger partial charge in [0.05, 0.1) is 44.8 Å². The van der Waals surface area contributed by atoms with Crippen molar-refractivity contribution in [2.75, 3.05) is 5.32 Å². The maximum absolute atomic E-state index is 14.1. The molecule has 1 aliphatic heterocycles. The standard InChI is InChI=1S/C27H23ClFN5/c1-16(2)31-23-15-27-25(14-22(23)32-21-5-4-12-30-17(21)3)33-24-13-19(29)8-11-26(24)34(27)20-9-6-18(28)7-10-20/h4-16,32H,1-3H3. The summed E-state index contributed by atoms with van der Waals surface area (Å²) in [7, 11) is 0. The zero-order chi connectivity index (χ0) is 23.8. The van der Waals surface area contributed by atoms with Gasteiger partial charge in [-0.2, -0.15) is 0 Å². The van der Waals surface area contributed by atoms with Crippen LogP contribution in [0.4, 0.5) is 15.8 Å². The molecule has 3 aromatic rings.